The molecule has 2 aromatic carbocycles. The van der Waals surface area contributed by atoms with Gasteiger partial charge in [0.05, 0.1) is 10.6 Å². The van der Waals surface area contributed by atoms with E-state index in [1.54, 1.807) is 42.5 Å². The molecule has 1 heterocycles. The second-order valence-electron chi connectivity index (χ2n) is 8.72. The minimum absolute atomic E-state index is 0.138. The summed E-state index contributed by atoms with van der Waals surface area (Å²) in [5.74, 6) is -0.335. The number of halogens is 1. The summed E-state index contributed by atoms with van der Waals surface area (Å²) in [6, 6.07) is 11.6. The van der Waals surface area contributed by atoms with Crippen molar-refractivity contribution in [2.24, 2.45) is 0 Å². The molecule has 0 unspecified atom stereocenters. The Hall–Kier alpha value is -2.09. The minimum Gasteiger partial charge on any atom is -0.354 e. The average Bonchev–Trinajstić information content (AvgIpc) is 3.06. The molecule has 1 aliphatic heterocycles. The molecule has 180 valence electrons. The Kier molecular flexibility index (Phi) is 9.18. The van der Waals surface area contributed by atoms with Crippen LogP contribution in [0.1, 0.15) is 43.2 Å². The van der Waals surface area contributed by atoms with Crippen molar-refractivity contribution in [2.45, 2.75) is 50.8 Å². The van der Waals surface area contributed by atoms with Crippen LogP contribution in [-0.4, -0.2) is 51.9 Å². The van der Waals surface area contributed by atoms with E-state index >= 15 is 0 Å². The molecule has 6 nitrogen and oxygen atoms in total. The van der Waals surface area contributed by atoms with E-state index in [0.717, 1.165) is 41.5 Å². The van der Waals surface area contributed by atoms with Gasteiger partial charge < -0.3 is 10.2 Å². The highest BCUT2D eigenvalue weighted by Crippen LogP contribution is 2.28. The molecule has 1 amide bonds. The lowest BCUT2D eigenvalue weighted by Crippen LogP contribution is -2.41. The molecular weight excluding hydrogens is 458 g/mol. The topological polar surface area (TPSA) is 69.7 Å². The van der Waals surface area contributed by atoms with E-state index in [9.17, 15) is 13.2 Å². The van der Waals surface area contributed by atoms with Crippen molar-refractivity contribution < 1.29 is 13.2 Å². The molecule has 2 aromatic rings. The van der Waals surface area contributed by atoms with Crippen LogP contribution in [0.25, 0.3) is 0 Å². The Labute approximate surface area is 203 Å². The molecule has 0 bridgehead atoms. The summed E-state index contributed by atoms with van der Waals surface area (Å²) < 4.78 is 28.0. The summed E-state index contributed by atoms with van der Waals surface area (Å²) in [7, 11) is -3.94. The Morgan fingerprint density at radius 1 is 1.03 bits per heavy atom. The Morgan fingerprint density at radius 2 is 1.70 bits per heavy atom. The predicted octanol–water partition coefficient (Wildman–Crippen LogP) is 4.53. The maximum absolute atomic E-state index is 13.4. The van der Waals surface area contributed by atoms with E-state index in [4.69, 9.17) is 11.6 Å². The number of hydrogen-bond donors (Lipinski definition) is 1. The van der Waals surface area contributed by atoms with Crippen LogP contribution in [0.5, 0.6) is 0 Å². The first-order valence-corrected chi connectivity index (χ1v) is 13.4. The highest BCUT2D eigenvalue weighted by atomic mass is 35.5. The molecule has 1 saturated heterocycles. The third-order valence-electron chi connectivity index (χ3n) is 6.01. The quantitative estimate of drug-likeness (QED) is 0.523. The largest absolute Gasteiger partial charge is 0.354 e. The number of nitrogens with one attached hydrogen (secondary N) is 1. The normalized spacial score (nSPS) is 15.1. The van der Waals surface area contributed by atoms with Crippen molar-refractivity contribution in [3.8, 4) is 0 Å². The molecule has 0 saturated carbocycles. The lowest BCUT2D eigenvalue weighted by molar-refractivity contribution is -0.119. The second-order valence-corrected chi connectivity index (χ2v) is 11.0. The number of sulfonamides is 1. The fourth-order valence-electron chi connectivity index (χ4n) is 3.97. The van der Waals surface area contributed by atoms with Crippen molar-refractivity contribution in [3.05, 3.63) is 58.6 Å². The highest BCUT2D eigenvalue weighted by molar-refractivity contribution is 7.92. The van der Waals surface area contributed by atoms with Crippen LogP contribution in [-0.2, 0) is 14.8 Å². The van der Waals surface area contributed by atoms with E-state index in [0.29, 0.717) is 17.3 Å². The van der Waals surface area contributed by atoms with Crippen molar-refractivity contribution in [1.29, 1.82) is 0 Å². The molecule has 0 atom stereocenters. The van der Waals surface area contributed by atoms with Gasteiger partial charge in [0.2, 0.25) is 5.91 Å². The summed E-state index contributed by atoms with van der Waals surface area (Å²) >= 11 is 6.27. The maximum Gasteiger partial charge on any atom is 0.264 e. The van der Waals surface area contributed by atoms with E-state index < -0.39 is 10.0 Å². The van der Waals surface area contributed by atoms with Gasteiger partial charge >= 0.3 is 0 Å². The van der Waals surface area contributed by atoms with E-state index in [1.807, 2.05) is 13.8 Å². The van der Waals surface area contributed by atoms with Crippen molar-refractivity contribution in [2.75, 3.05) is 37.0 Å². The molecule has 1 aliphatic rings. The number of benzene rings is 2. The van der Waals surface area contributed by atoms with Crippen LogP contribution in [0.4, 0.5) is 5.69 Å². The number of nitrogens with zero attached hydrogens (tertiary/aromatic N) is 2. The number of likely N-dealkylation sites (tertiary alicyclic amines) is 1. The van der Waals surface area contributed by atoms with Gasteiger partial charge in [0.15, 0.2) is 0 Å². The number of hydrogen-bond acceptors (Lipinski definition) is 4. The van der Waals surface area contributed by atoms with Crippen LogP contribution in [0, 0.1) is 13.8 Å². The van der Waals surface area contributed by atoms with Crippen molar-refractivity contribution in [3.63, 3.8) is 0 Å². The molecule has 0 aliphatic carbocycles. The smallest absolute Gasteiger partial charge is 0.264 e. The first-order valence-electron chi connectivity index (χ1n) is 11.6. The molecule has 1 N–H and O–H groups in total. The SMILES string of the molecule is Cc1ccc(S(=O)(=O)N(CC(=O)NCCCN2CCCCCC2)c2ccc(C)c(Cl)c2)cc1. The van der Waals surface area contributed by atoms with Gasteiger partial charge in [-0.05, 0) is 82.6 Å². The molecule has 33 heavy (non-hydrogen) atoms. The van der Waals surface area contributed by atoms with E-state index in [-0.39, 0.29) is 17.3 Å². The zero-order valence-corrected chi connectivity index (χ0v) is 21.1. The molecule has 1 fully saturated rings. The van der Waals surface area contributed by atoms with Gasteiger partial charge in [-0.2, -0.15) is 0 Å². The van der Waals surface area contributed by atoms with Crippen LogP contribution >= 0.6 is 11.6 Å². The lowest BCUT2D eigenvalue weighted by Gasteiger charge is -2.25. The standard InChI is InChI=1S/C25H34ClN3O3S/c1-20-8-12-23(13-9-20)33(31,32)29(22-11-10-21(2)24(26)18-22)19-25(30)27-14-7-17-28-15-5-3-4-6-16-28/h8-13,18H,3-7,14-17,19H2,1-2H3,(H,27,30). The van der Waals surface area contributed by atoms with Gasteiger partial charge in [0.25, 0.3) is 10.0 Å². The van der Waals surface area contributed by atoms with Gasteiger partial charge in [0, 0.05) is 11.6 Å². The van der Waals surface area contributed by atoms with Crippen LogP contribution < -0.4 is 9.62 Å². The summed E-state index contributed by atoms with van der Waals surface area (Å²) in [6.45, 7) is 7.13. The molecule has 3 rings (SSSR count). The third kappa shape index (κ3) is 7.19. The lowest BCUT2D eigenvalue weighted by atomic mass is 10.2. The Morgan fingerprint density at radius 3 is 2.33 bits per heavy atom. The zero-order chi connectivity index (χ0) is 23.8. The fraction of sp³-hybridized carbons (Fsp3) is 0.480. The third-order valence-corrected chi connectivity index (χ3v) is 8.21. The van der Waals surface area contributed by atoms with Gasteiger partial charge in [-0.15, -0.1) is 0 Å². The fourth-order valence-corrected chi connectivity index (χ4v) is 5.55. The van der Waals surface area contributed by atoms with Crippen LogP contribution in [0.15, 0.2) is 47.4 Å². The van der Waals surface area contributed by atoms with Crippen LogP contribution in [0.2, 0.25) is 5.02 Å². The first-order chi connectivity index (χ1) is 15.8. The second kappa shape index (κ2) is 11.9. The summed E-state index contributed by atoms with van der Waals surface area (Å²) in [6.07, 6.45) is 5.89. The van der Waals surface area contributed by atoms with Crippen LogP contribution in [0.3, 0.4) is 0 Å². The van der Waals surface area contributed by atoms with E-state index in [1.165, 1.54) is 25.7 Å². The van der Waals surface area contributed by atoms with Gasteiger partial charge in [-0.1, -0.05) is 48.2 Å². The highest BCUT2D eigenvalue weighted by Gasteiger charge is 2.27. The summed E-state index contributed by atoms with van der Waals surface area (Å²) in [5, 5.41) is 3.35. The van der Waals surface area contributed by atoms with Crippen molar-refractivity contribution >= 4 is 33.2 Å². The molecular formula is C25H34ClN3O3S. The van der Waals surface area contributed by atoms with E-state index in [2.05, 4.69) is 10.2 Å². The van der Waals surface area contributed by atoms with Gasteiger partial charge in [-0.3, -0.25) is 9.10 Å². The molecule has 8 heteroatoms. The Balaban J connectivity index is 1.69. The first kappa shape index (κ1) is 25.5. The molecule has 0 spiro atoms. The number of aryl methyl sites for hydroxylation is 2. The summed E-state index contributed by atoms with van der Waals surface area (Å²) in [5.41, 5.74) is 2.16. The predicted molar refractivity (Wildman–Crippen MR) is 134 cm³/mol. The van der Waals surface area contributed by atoms with Gasteiger partial charge in [0.1, 0.15) is 6.54 Å². The number of anilines is 1. The molecule has 0 radical (unpaired) electrons. The number of amides is 1. The summed E-state index contributed by atoms with van der Waals surface area (Å²) in [4.78, 5) is 15.3. The maximum atomic E-state index is 13.4. The number of carbonyl (C=O) groups is 1. The number of rotatable bonds is 9. The van der Waals surface area contributed by atoms with Crippen molar-refractivity contribution in [1.82, 2.24) is 10.2 Å². The van der Waals surface area contributed by atoms with Gasteiger partial charge in [-0.25, -0.2) is 8.42 Å². The number of carbonyl (C=O) groups excluding carboxylic acids is 1. The minimum atomic E-state index is -3.94. The Bertz CT molecular complexity index is 1030. The zero-order valence-electron chi connectivity index (χ0n) is 19.5. The molecule has 0 aromatic heterocycles. The average molecular weight is 492 g/mol. The monoisotopic (exact) mass is 491 g/mol.